The third-order valence-electron chi connectivity index (χ3n) is 2.39. The molecule has 5 nitrogen and oxygen atoms in total. The molecule has 1 aromatic rings. The van der Waals surface area contributed by atoms with Crippen molar-refractivity contribution in [2.75, 3.05) is 26.8 Å². The molecule has 6 heteroatoms. The van der Waals surface area contributed by atoms with Crippen molar-refractivity contribution < 1.29 is 4.74 Å². The van der Waals surface area contributed by atoms with Crippen LogP contribution < -0.4 is 10.6 Å². The second kappa shape index (κ2) is 8.88. The summed E-state index contributed by atoms with van der Waals surface area (Å²) in [6, 6.07) is 0. The topological polar surface area (TPSA) is 58.5 Å². The van der Waals surface area contributed by atoms with Crippen LogP contribution >= 0.6 is 11.3 Å². The van der Waals surface area contributed by atoms with Crippen molar-refractivity contribution in [3.05, 3.63) is 16.1 Å². The Morgan fingerprint density at radius 3 is 2.94 bits per heavy atom. The van der Waals surface area contributed by atoms with Gasteiger partial charge in [-0.25, -0.2) is 9.98 Å². The number of ether oxygens (including phenoxy) is 1. The zero-order valence-electron chi connectivity index (χ0n) is 11.3. The van der Waals surface area contributed by atoms with Crippen LogP contribution in [0.2, 0.25) is 0 Å². The number of hydrogen-bond acceptors (Lipinski definition) is 4. The Kier molecular flexibility index (Phi) is 7.36. The summed E-state index contributed by atoms with van der Waals surface area (Å²) in [6.07, 6.45) is 0.973. The predicted octanol–water partition coefficient (Wildman–Crippen LogP) is 1.54. The molecule has 0 aliphatic carbocycles. The Labute approximate surface area is 113 Å². The number of aromatic nitrogens is 1. The van der Waals surface area contributed by atoms with Gasteiger partial charge in [0.05, 0.1) is 17.7 Å². The van der Waals surface area contributed by atoms with Gasteiger partial charge in [-0.05, 0) is 20.3 Å². The van der Waals surface area contributed by atoms with Gasteiger partial charge in [0, 0.05) is 31.7 Å². The molecule has 0 fully saturated rings. The van der Waals surface area contributed by atoms with Gasteiger partial charge >= 0.3 is 0 Å². The highest BCUT2D eigenvalue weighted by Crippen LogP contribution is 2.12. The lowest BCUT2D eigenvalue weighted by Crippen LogP contribution is -2.38. The number of nitrogens with zero attached hydrogens (tertiary/aromatic N) is 2. The summed E-state index contributed by atoms with van der Waals surface area (Å²) in [5.41, 5.74) is 2.93. The molecule has 0 saturated carbocycles. The number of thiazole rings is 1. The second-order valence-electron chi connectivity index (χ2n) is 3.83. The van der Waals surface area contributed by atoms with Crippen LogP contribution in [0.5, 0.6) is 0 Å². The fourth-order valence-corrected chi connectivity index (χ4v) is 2.09. The van der Waals surface area contributed by atoms with Crippen LogP contribution in [0.4, 0.5) is 0 Å². The van der Waals surface area contributed by atoms with E-state index in [0.29, 0.717) is 6.54 Å². The van der Waals surface area contributed by atoms with Crippen molar-refractivity contribution in [3.63, 3.8) is 0 Å². The minimum Gasteiger partial charge on any atom is -0.385 e. The summed E-state index contributed by atoms with van der Waals surface area (Å²) in [4.78, 5) is 9.97. The van der Waals surface area contributed by atoms with E-state index in [4.69, 9.17) is 4.74 Å². The lowest BCUT2D eigenvalue weighted by Gasteiger charge is -2.10. The summed E-state index contributed by atoms with van der Waals surface area (Å²) >= 11 is 1.65. The number of aliphatic imine (C=N–C) groups is 1. The summed E-state index contributed by atoms with van der Waals surface area (Å²) < 4.78 is 5.01. The number of guanidine groups is 1. The van der Waals surface area contributed by atoms with Crippen LogP contribution in [-0.2, 0) is 11.3 Å². The van der Waals surface area contributed by atoms with E-state index in [0.717, 1.165) is 37.8 Å². The third kappa shape index (κ3) is 5.46. The Hall–Kier alpha value is -1.14. The first-order valence-corrected chi connectivity index (χ1v) is 7.06. The molecule has 0 bridgehead atoms. The summed E-state index contributed by atoms with van der Waals surface area (Å²) in [6.45, 7) is 7.24. The van der Waals surface area contributed by atoms with Crippen molar-refractivity contribution in [2.24, 2.45) is 4.99 Å². The number of aryl methyl sites for hydroxylation is 1. The molecule has 0 aliphatic rings. The van der Waals surface area contributed by atoms with Gasteiger partial charge in [-0.15, -0.1) is 11.3 Å². The molecule has 0 unspecified atom stereocenters. The molecule has 0 atom stereocenters. The minimum absolute atomic E-state index is 0.677. The maximum atomic E-state index is 5.01. The molecule has 0 amide bonds. The van der Waals surface area contributed by atoms with Gasteiger partial charge < -0.3 is 15.4 Å². The molecular weight excluding hydrogens is 248 g/mol. The Morgan fingerprint density at radius 1 is 1.50 bits per heavy atom. The smallest absolute Gasteiger partial charge is 0.191 e. The van der Waals surface area contributed by atoms with Gasteiger partial charge in [0.15, 0.2) is 5.96 Å². The first-order valence-electron chi connectivity index (χ1n) is 6.18. The van der Waals surface area contributed by atoms with E-state index in [-0.39, 0.29) is 0 Å². The maximum Gasteiger partial charge on any atom is 0.191 e. The molecule has 1 heterocycles. The number of nitrogens with one attached hydrogen (secondary N) is 2. The van der Waals surface area contributed by atoms with E-state index in [1.165, 1.54) is 4.88 Å². The third-order valence-corrected chi connectivity index (χ3v) is 3.31. The van der Waals surface area contributed by atoms with E-state index in [1.807, 2.05) is 12.4 Å². The van der Waals surface area contributed by atoms with Gasteiger partial charge in [-0.1, -0.05) is 0 Å². The average Bonchev–Trinajstić information content (AvgIpc) is 2.77. The Balaban J connectivity index is 2.42. The molecule has 18 heavy (non-hydrogen) atoms. The largest absolute Gasteiger partial charge is 0.385 e. The van der Waals surface area contributed by atoms with Crippen molar-refractivity contribution in [2.45, 2.75) is 26.8 Å². The van der Waals surface area contributed by atoms with E-state index < -0.39 is 0 Å². The molecule has 0 aromatic carbocycles. The average molecular weight is 270 g/mol. The Morgan fingerprint density at radius 2 is 2.33 bits per heavy atom. The highest BCUT2D eigenvalue weighted by molar-refractivity contribution is 7.09. The quantitative estimate of drug-likeness (QED) is 0.448. The van der Waals surface area contributed by atoms with E-state index in [1.54, 1.807) is 18.4 Å². The van der Waals surface area contributed by atoms with Crippen LogP contribution in [0.1, 0.15) is 23.9 Å². The monoisotopic (exact) mass is 270 g/mol. The number of hydrogen-bond donors (Lipinski definition) is 2. The first-order chi connectivity index (χ1) is 8.77. The molecule has 0 spiro atoms. The first kappa shape index (κ1) is 14.9. The molecule has 2 N–H and O–H groups in total. The van der Waals surface area contributed by atoms with Crippen LogP contribution in [-0.4, -0.2) is 37.7 Å². The molecular formula is C12H22N4OS. The maximum absolute atomic E-state index is 5.01. The van der Waals surface area contributed by atoms with Crippen LogP contribution in [0.15, 0.2) is 10.5 Å². The van der Waals surface area contributed by atoms with Crippen molar-refractivity contribution in [3.8, 4) is 0 Å². The standard InChI is InChI=1S/C12H22N4OS/c1-4-13-12(14-6-5-7-17-3)15-8-11-10(2)16-9-18-11/h9H,4-8H2,1-3H3,(H2,13,14,15). The minimum atomic E-state index is 0.677. The highest BCUT2D eigenvalue weighted by Gasteiger charge is 2.01. The molecule has 0 radical (unpaired) electrons. The fraction of sp³-hybridized carbons (Fsp3) is 0.667. The van der Waals surface area contributed by atoms with Crippen molar-refractivity contribution in [1.82, 2.24) is 15.6 Å². The van der Waals surface area contributed by atoms with Gasteiger partial charge in [0.2, 0.25) is 0 Å². The normalized spacial score (nSPS) is 11.6. The summed E-state index contributed by atoms with van der Waals surface area (Å²) in [7, 11) is 1.71. The Bertz CT molecular complexity index is 365. The van der Waals surface area contributed by atoms with E-state index in [9.17, 15) is 0 Å². The fourth-order valence-electron chi connectivity index (χ4n) is 1.39. The van der Waals surface area contributed by atoms with Crippen LogP contribution in [0, 0.1) is 6.92 Å². The highest BCUT2D eigenvalue weighted by atomic mass is 32.1. The molecule has 1 aromatic heterocycles. The molecule has 102 valence electrons. The van der Waals surface area contributed by atoms with Crippen LogP contribution in [0.25, 0.3) is 0 Å². The number of methoxy groups -OCH3 is 1. The van der Waals surface area contributed by atoms with Gasteiger partial charge in [-0.2, -0.15) is 0 Å². The predicted molar refractivity (Wildman–Crippen MR) is 76.2 cm³/mol. The van der Waals surface area contributed by atoms with E-state index >= 15 is 0 Å². The lowest BCUT2D eigenvalue weighted by atomic mass is 10.4. The second-order valence-corrected chi connectivity index (χ2v) is 4.77. The van der Waals surface area contributed by atoms with Crippen molar-refractivity contribution in [1.29, 1.82) is 0 Å². The van der Waals surface area contributed by atoms with Crippen LogP contribution in [0.3, 0.4) is 0 Å². The SMILES string of the molecule is CCNC(=NCc1scnc1C)NCCCOC. The molecule has 1 rings (SSSR count). The summed E-state index contributed by atoms with van der Waals surface area (Å²) in [5.74, 6) is 0.849. The molecule has 0 aliphatic heterocycles. The van der Waals surface area contributed by atoms with Gasteiger partial charge in [-0.3, -0.25) is 0 Å². The zero-order chi connectivity index (χ0) is 13.2. The zero-order valence-corrected chi connectivity index (χ0v) is 12.1. The van der Waals surface area contributed by atoms with Crippen molar-refractivity contribution >= 4 is 17.3 Å². The van der Waals surface area contributed by atoms with Gasteiger partial charge in [0.25, 0.3) is 0 Å². The lowest BCUT2D eigenvalue weighted by molar-refractivity contribution is 0.195. The number of rotatable bonds is 7. The van der Waals surface area contributed by atoms with E-state index in [2.05, 4.69) is 27.5 Å². The van der Waals surface area contributed by atoms with Gasteiger partial charge in [0.1, 0.15) is 0 Å². The molecule has 0 saturated heterocycles. The summed E-state index contributed by atoms with van der Waals surface area (Å²) in [5, 5.41) is 6.50.